The molecule has 0 spiro atoms. The summed E-state index contributed by atoms with van der Waals surface area (Å²) in [4.78, 5) is 51.5. The number of hydrogen-bond donors (Lipinski definition) is 2. The van der Waals surface area contributed by atoms with Gasteiger partial charge >= 0.3 is 6.03 Å². The predicted octanol–water partition coefficient (Wildman–Crippen LogP) is 4.55. The topological polar surface area (TPSA) is 131 Å². The molecule has 2 N–H and O–H groups in total. The molecule has 0 radical (unpaired) electrons. The van der Waals surface area contributed by atoms with Gasteiger partial charge in [-0.3, -0.25) is 14.6 Å². The van der Waals surface area contributed by atoms with Gasteiger partial charge in [0.05, 0.1) is 24.1 Å². The molecule has 1 fully saturated rings. The van der Waals surface area contributed by atoms with Crippen LogP contribution in [0, 0.1) is 5.92 Å². The van der Waals surface area contributed by atoms with Crippen LogP contribution in [0.3, 0.4) is 0 Å². The number of allylic oxidation sites excluding steroid dienone is 1. The lowest BCUT2D eigenvalue weighted by molar-refractivity contribution is -0.135. The number of methoxy groups -OCH3 is 1. The molecule has 12 nitrogen and oxygen atoms in total. The fraction of sp³-hybridized carbons (Fsp3) is 0.303. The SMILES string of the molecule is COCCN(C)C(=O)C1CCN(c2ccnc3c2c(C=C2Oc4ccc(NC(=O)Nc5cccnc5)cc4C2=O)cn3C)CC1. The Hall–Kier alpha value is -5.23. The molecule has 1 aromatic carbocycles. The second-order valence-electron chi connectivity index (χ2n) is 11.2. The van der Waals surface area contributed by atoms with E-state index in [9.17, 15) is 14.4 Å². The van der Waals surface area contributed by atoms with E-state index < -0.39 is 6.03 Å². The Morgan fingerprint density at radius 2 is 1.93 bits per heavy atom. The maximum absolute atomic E-state index is 13.5. The van der Waals surface area contributed by atoms with Crippen LogP contribution in [-0.4, -0.2) is 77.6 Å². The van der Waals surface area contributed by atoms with E-state index in [2.05, 4.69) is 25.5 Å². The van der Waals surface area contributed by atoms with Gasteiger partial charge in [-0.1, -0.05) is 0 Å². The summed E-state index contributed by atoms with van der Waals surface area (Å²) >= 11 is 0. The number of amides is 3. The highest BCUT2D eigenvalue weighted by Crippen LogP contribution is 2.37. The molecule has 2 aliphatic rings. The summed E-state index contributed by atoms with van der Waals surface area (Å²) in [6.45, 7) is 2.54. The van der Waals surface area contributed by atoms with Gasteiger partial charge in [0.15, 0.2) is 5.76 Å². The van der Waals surface area contributed by atoms with Crippen molar-refractivity contribution in [3.8, 4) is 5.75 Å². The van der Waals surface area contributed by atoms with Crippen molar-refractivity contribution in [1.29, 1.82) is 0 Å². The number of aromatic nitrogens is 3. The number of ketones is 1. The Bertz CT molecular complexity index is 1780. The zero-order valence-electron chi connectivity index (χ0n) is 25.4. The lowest BCUT2D eigenvalue weighted by atomic mass is 9.94. The average molecular weight is 610 g/mol. The molecule has 2 aliphatic heterocycles. The van der Waals surface area contributed by atoms with Crippen molar-refractivity contribution < 1.29 is 23.9 Å². The van der Waals surface area contributed by atoms with E-state index in [4.69, 9.17) is 9.47 Å². The molecule has 3 amide bonds. The highest BCUT2D eigenvalue weighted by Gasteiger charge is 2.30. The van der Waals surface area contributed by atoms with E-state index in [1.54, 1.807) is 67.0 Å². The first-order chi connectivity index (χ1) is 21.8. The van der Waals surface area contributed by atoms with Crippen LogP contribution in [0.1, 0.15) is 28.8 Å². The van der Waals surface area contributed by atoms with Gasteiger partial charge in [-0.25, -0.2) is 9.78 Å². The number of urea groups is 1. The number of likely N-dealkylation sites (N-methyl/N-ethyl adjacent to an activating group) is 1. The first kappa shape index (κ1) is 29.8. The van der Waals surface area contributed by atoms with Crippen molar-refractivity contribution >= 4 is 51.9 Å². The Labute approximate surface area is 260 Å². The molecule has 6 rings (SSSR count). The maximum atomic E-state index is 13.5. The molecule has 232 valence electrons. The number of carbonyl (C=O) groups excluding carboxylic acids is 3. The summed E-state index contributed by atoms with van der Waals surface area (Å²) in [5, 5.41) is 6.37. The summed E-state index contributed by atoms with van der Waals surface area (Å²) in [7, 11) is 5.38. The first-order valence-electron chi connectivity index (χ1n) is 14.8. The lowest BCUT2D eigenvalue weighted by Gasteiger charge is -2.35. The van der Waals surface area contributed by atoms with Crippen LogP contribution in [0.5, 0.6) is 5.75 Å². The second-order valence-corrected chi connectivity index (χ2v) is 11.2. The maximum Gasteiger partial charge on any atom is 0.323 e. The van der Waals surface area contributed by atoms with E-state index in [1.807, 2.05) is 30.9 Å². The monoisotopic (exact) mass is 609 g/mol. The van der Waals surface area contributed by atoms with E-state index >= 15 is 0 Å². The molecule has 1 saturated heterocycles. The number of rotatable bonds is 8. The molecule has 12 heteroatoms. The van der Waals surface area contributed by atoms with E-state index in [0.29, 0.717) is 35.8 Å². The van der Waals surface area contributed by atoms with Gasteiger partial charge in [-0.05, 0) is 55.3 Å². The number of anilines is 3. The molecule has 0 bridgehead atoms. The highest BCUT2D eigenvalue weighted by molar-refractivity contribution is 6.16. The normalized spacial score (nSPS) is 15.7. The minimum atomic E-state index is -0.452. The standard InChI is InChI=1S/C33H35N7O5/c1-38(15-16-44-3)32(42)21-9-13-40(14-10-21)26-8-12-35-31-29(26)22(20-39(31)2)17-28-30(41)25-18-23(6-7-27(25)45-28)36-33(43)37-24-5-4-11-34-19-24/h4-8,11-12,17-21H,9-10,13-16H2,1-3H3,(H2,36,37,43). The Morgan fingerprint density at radius 3 is 2.69 bits per heavy atom. The molecule has 3 aromatic heterocycles. The largest absolute Gasteiger partial charge is 0.452 e. The number of nitrogens with one attached hydrogen (secondary N) is 2. The summed E-state index contributed by atoms with van der Waals surface area (Å²) in [5.74, 6) is 0.459. The van der Waals surface area contributed by atoms with Crippen LogP contribution < -0.4 is 20.3 Å². The number of pyridine rings is 2. The zero-order chi connectivity index (χ0) is 31.5. The van der Waals surface area contributed by atoms with Gasteiger partial charge in [-0.2, -0.15) is 0 Å². The van der Waals surface area contributed by atoms with Crippen molar-refractivity contribution in [2.24, 2.45) is 13.0 Å². The smallest absolute Gasteiger partial charge is 0.323 e. The quantitative estimate of drug-likeness (QED) is 0.278. The van der Waals surface area contributed by atoms with Crippen molar-refractivity contribution in [1.82, 2.24) is 19.4 Å². The summed E-state index contributed by atoms with van der Waals surface area (Å²) in [6.07, 6.45) is 10.1. The van der Waals surface area contributed by atoms with Crippen LogP contribution in [0.15, 0.2) is 66.9 Å². The van der Waals surface area contributed by atoms with E-state index in [0.717, 1.165) is 48.2 Å². The third-order valence-corrected chi connectivity index (χ3v) is 8.19. The van der Waals surface area contributed by atoms with Crippen molar-refractivity contribution in [2.45, 2.75) is 12.8 Å². The molecule has 4 aromatic rings. The number of ether oxygens (including phenoxy) is 2. The van der Waals surface area contributed by atoms with E-state index in [-0.39, 0.29) is 23.4 Å². The third kappa shape index (κ3) is 6.22. The minimum Gasteiger partial charge on any atom is -0.452 e. The van der Waals surface area contributed by atoms with Crippen LogP contribution in [0.4, 0.5) is 21.9 Å². The molecule has 0 atom stereocenters. The summed E-state index contributed by atoms with van der Waals surface area (Å²) in [6, 6.07) is 9.94. The fourth-order valence-corrected chi connectivity index (χ4v) is 5.85. The van der Waals surface area contributed by atoms with Crippen LogP contribution >= 0.6 is 0 Å². The number of piperidine rings is 1. The first-order valence-corrected chi connectivity index (χ1v) is 14.8. The zero-order valence-corrected chi connectivity index (χ0v) is 25.4. The second kappa shape index (κ2) is 12.8. The van der Waals surface area contributed by atoms with Crippen LogP contribution in [0.2, 0.25) is 0 Å². The molecular weight excluding hydrogens is 574 g/mol. The fourth-order valence-electron chi connectivity index (χ4n) is 5.85. The number of aryl methyl sites for hydroxylation is 1. The van der Waals surface area contributed by atoms with Gasteiger partial charge < -0.3 is 34.5 Å². The summed E-state index contributed by atoms with van der Waals surface area (Å²) < 4.78 is 13.1. The van der Waals surface area contributed by atoms with Gasteiger partial charge in [0.1, 0.15) is 11.4 Å². The Kier molecular flexibility index (Phi) is 8.47. The molecule has 0 aliphatic carbocycles. The molecule has 0 unspecified atom stereocenters. The van der Waals surface area contributed by atoms with E-state index in [1.165, 1.54) is 0 Å². The number of benzene rings is 1. The van der Waals surface area contributed by atoms with Gasteiger partial charge in [-0.15, -0.1) is 0 Å². The lowest BCUT2D eigenvalue weighted by Crippen LogP contribution is -2.42. The van der Waals surface area contributed by atoms with Crippen LogP contribution in [0.25, 0.3) is 17.1 Å². The third-order valence-electron chi connectivity index (χ3n) is 8.19. The number of Topliss-reactive ketones (excluding diaryl/α,β-unsaturated/α-hetero) is 1. The molecular formula is C33H35N7O5. The van der Waals surface area contributed by atoms with Gasteiger partial charge in [0.25, 0.3) is 0 Å². The van der Waals surface area contributed by atoms with Crippen molar-refractivity contribution in [3.63, 3.8) is 0 Å². The Morgan fingerprint density at radius 1 is 1.13 bits per heavy atom. The van der Waals surface area contributed by atoms with Gasteiger partial charge in [0.2, 0.25) is 11.7 Å². The number of nitrogens with zero attached hydrogens (tertiary/aromatic N) is 5. The van der Waals surface area contributed by atoms with Gasteiger partial charge in [0, 0.05) is 87.7 Å². The van der Waals surface area contributed by atoms with Crippen molar-refractivity contribution in [2.75, 3.05) is 55.9 Å². The number of hydrogen-bond acceptors (Lipinski definition) is 8. The summed E-state index contributed by atoms with van der Waals surface area (Å²) in [5.41, 5.74) is 3.95. The Balaban J connectivity index is 1.20. The number of fused-ring (bicyclic) bond motifs is 2. The molecule has 5 heterocycles. The predicted molar refractivity (Wildman–Crippen MR) is 171 cm³/mol. The van der Waals surface area contributed by atoms with Crippen LogP contribution in [-0.2, 0) is 16.6 Å². The highest BCUT2D eigenvalue weighted by atomic mass is 16.5. The van der Waals surface area contributed by atoms with Crippen molar-refractivity contribution in [3.05, 3.63) is 78.1 Å². The molecule has 45 heavy (non-hydrogen) atoms. The minimum absolute atomic E-state index is 0.0263. The average Bonchev–Trinajstić information content (AvgIpc) is 3.54. The molecule has 0 saturated carbocycles. The number of carbonyl (C=O) groups is 3.